The first-order valence-electron chi connectivity index (χ1n) is 21.0. The number of carbonyl (C=O) groups is 2. The van der Waals surface area contributed by atoms with Crippen molar-refractivity contribution in [2.75, 3.05) is 19.8 Å². The van der Waals surface area contributed by atoms with Crippen LogP contribution in [-0.4, -0.2) is 42.8 Å². The Balaban J connectivity index is 3.97. The van der Waals surface area contributed by atoms with Crippen molar-refractivity contribution in [2.45, 2.75) is 219 Å². The smallest absolute Gasteiger partial charge is 0.462 e. The van der Waals surface area contributed by atoms with E-state index in [-0.39, 0.29) is 25.6 Å². The van der Waals surface area contributed by atoms with Crippen molar-refractivity contribution in [3.63, 3.8) is 0 Å². The highest BCUT2D eigenvalue weighted by molar-refractivity contribution is 7.47. The Morgan fingerprint density at radius 3 is 1.40 bits per heavy atom. The molecule has 0 saturated heterocycles. The van der Waals surface area contributed by atoms with Crippen LogP contribution in [0, 0.1) is 0 Å². The van der Waals surface area contributed by atoms with Crippen molar-refractivity contribution in [3.05, 3.63) is 12.2 Å². The Kier molecular flexibility index (Phi) is 36.6. The average Bonchev–Trinajstić information content (AvgIpc) is 3.09. The lowest BCUT2D eigenvalue weighted by Gasteiger charge is -2.19. The molecule has 0 bridgehead atoms. The van der Waals surface area contributed by atoms with Gasteiger partial charge in [-0.2, -0.15) is 0 Å². The highest BCUT2D eigenvalue weighted by atomic mass is 31.2. The van der Waals surface area contributed by atoms with E-state index in [0.29, 0.717) is 12.8 Å². The molecule has 0 aromatic rings. The number of esters is 2. The molecule has 50 heavy (non-hydrogen) atoms. The van der Waals surface area contributed by atoms with Crippen LogP contribution >= 0.6 is 7.82 Å². The summed E-state index contributed by atoms with van der Waals surface area (Å²) < 4.78 is 32.5. The van der Waals surface area contributed by atoms with E-state index in [0.717, 1.165) is 57.8 Å². The summed E-state index contributed by atoms with van der Waals surface area (Å²) in [5, 5.41) is 0. The molecule has 0 rings (SSSR count). The Hall–Kier alpha value is -1.21. The molecular weight excluding hydrogens is 651 g/mol. The Morgan fingerprint density at radius 2 is 0.940 bits per heavy atom. The maximum Gasteiger partial charge on any atom is 0.472 e. The summed E-state index contributed by atoms with van der Waals surface area (Å²) >= 11 is 0. The second-order valence-electron chi connectivity index (χ2n) is 14.0. The van der Waals surface area contributed by atoms with E-state index >= 15 is 0 Å². The molecule has 0 aromatic carbocycles. The van der Waals surface area contributed by atoms with Crippen LogP contribution in [0.25, 0.3) is 0 Å². The van der Waals surface area contributed by atoms with Crippen LogP contribution in [0.3, 0.4) is 0 Å². The van der Waals surface area contributed by atoms with Crippen molar-refractivity contribution in [3.8, 4) is 0 Å². The molecule has 0 amide bonds. The van der Waals surface area contributed by atoms with E-state index in [1.807, 2.05) is 0 Å². The van der Waals surface area contributed by atoms with Crippen molar-refractivity contribution < 1.29 is 37.6 Å². The van der Waals surface area contributed by atoms with Gasteiger partial charge in [-0.15, -0.1) is 0 Å². The highest BCUT2D eigenvalue weighted by Crippen LogP contribution is 2.43. The molecule has 296 valence electrons. The molecule has 2 unspecified atom stereocenters. The van der Waals surface area contributed by atoms with Gasteiger partial charge in [0.25, 0.3) is 0 Å². The zero-order valence-electron chi connectivity index (χ0n) is 32.8. The number of allylic oxidation sites excluding steroid dienone is 2. The van der Waals surface area contributed by atoms with Crippen LogP contribution in [0.4, 0.5) is 0 Å². The van der Waals surface area contributed by atoms with Crippen LogP contribution < -0.4 is 0 Å². The van der Waals surface area contributed by atoms with E-state index < -0.39 is 26.5 Å². The minimum Gasteiger partial charge on any atom is -0.462 e. The van der Waals surface area contributed by atoms with Gasteiger partial charge in [0, 0.05) is 12.8 Å². The van der Waals surface area contributed by atoms with Gasteiger partial charge in [0.15, 0.2) is 6.10 Å². The van der Waals surface area contributed by atoms with Crippen molar-refractivity contribution in [1.82, 2.24) is 0 Å². The summed E-state index contributed by atoms with van der Waals surface area (Å²) in [6, 6.07) is 0. The number of ether oxygens (including phenoxy) is 2. The van der Waals surface area contributed by atoms with Crippen LogP contribution in [0.2, 0.25) is 0 Å². The molecule has 9 heteroatoms. The van der Waals surface area contributed by atoms with E-state index in [4.69, 9.17) is 18.5 Å². The highest BCUT2D eigenvalue weighted by Gasteiger charge is 2.25. The van der Waals surface area contributed by atoms with E-state index in [2.05, 4.69) is 26.0 Å². The van der Waals surface area contributed by atoms with E-state index in [1.165, 1.54) is 116 Å². The fraction of sp³-hybridized carbons (Fsp3) is 0.902. The van der Waals surface area contributed by atoms with E-state index in [1.54, 1.807) is 6.92 Å². The molecule has 1 N–H and O–H groups in total. The third-order valence-corrected chi connectivity index (χ3v) is 10.1. The Morgan fingerprint density at radius 1 is 0.520 bits per heavy atom. The SMILES string of the molecule is CCC/C=C\CCCCCCCC(=O)OC(COC(=O)CCCCCCCCCCCCCCCCCCCCCC)COP(=O)(O)OCC. The zero-order valence-corrected chi connectivity index (χ0v) is 33.7. The number of phosphoric ester groups is 1. The molecule has 0 radical (unpaired) electrons. The predicted molar refractivity (Wildman–Crippen MR) is 207 cm³/mol. The first kappa shape index (κ1) is 48.8. The number of carbonyl (C=O) groups excluding carboxylic acids is 2. The van der Waals surface area contributed by atoms with Crippen molar-refractivity contribution >= 4 is 19.8 Å². The monoisotopic (exact) mass is 731 g/mol. The molecule has 0 aliphatic rings. The minimum absolute atomic E-state index is 0.00171. The van der Waals surface area contributed by atoms with Crippen molar-refractivity contribution in [2.24, 2.45) is 0 Å². The van der Waals surface area contributed by atoms with Crippen LogP contribution in [0.1, 0.15) is 213 Å². The second kappa shape index (κ2) is 37.5. The molecule has 0 spiro atoms. The third-order valence-electron chi connectivity index (χ3n) is 9.05. The summed E-state index contributed by atoms with van der Waals surface area (Å²) in [5.74, 6) is -0.801. The average molecular weight is 731 g/mol. The predicted octanol–water partition coefficient (Wildman–Crippen LogP) is 12.9. The number of rotatable bonds is 39. The topological polar surface area (TPSA) is 108 Å². The summed E-state index contributed by atoms with van der Waals surface area (Å²) in [7, 11) is -4.27. The lowest BCUT2D eigenvalue weighted by Crippen LogP contribution is -2.29. The number of hydrogen-bond acceptors (Lipinski definition) is 7. The number of hydrogen-bond donors (Lipinski definition) is 1. The van der Waals surface area contributed by atoms with Gasteiger partial charge >= 0.3 is 19.8 Å². The molecule has 0 fully saturated rings. The molecule has 0 aromatic heterocycles. The Bertz CT molecular complexity index is 833. The lowest BCUT2D eigenvalue weighted by atomic mass is 10.0. The third kappa shape index (κ3) is 36.6. The standard InChI is InChI=1S/C41H79O8P/c1-4-7-9-11-13-15-17-18-19-20-21-22-23-24-25-26-28-29-31-33-35-40(42)46-37-39(38-48-50(44,45)47-6-3)49-41(43)36-34-32-30-27-16-14-12-10-8-5-2/h10,12,39H,4-9,11,13-38H2,1-3H3,(H,44,45)/b12-10-. The number of phosphoric acid groups is 1. The summed E-state index contributed by atoms with van der Waals surface area (Å²) in [6.45, 7) is 5.42. The normalized spacial score (nSPS) is 13.4. The first-order chi connectivity index (χ1) is 24.3. The van der Waals surface area contributed by atoms with Crippen molar-refractivity contribution in [1.29, 1.82) is 0 Å². The molecule has 0 aliphatic heterocycles. The van der Waals surface area contributed by atoms with Crippen LogP contribution in [0.5, 0.6) is 0 Å². The molecule has 8 nitrogen and oxygen atoms in total. The maximum atomic E-state index is 12.5. The zero-order chi connectivity index (χ0) is 36.8. The fourth-order valence-electron chi connectivity index (χ4n) is 5.99. The van der Waals surface area contributed by atoms with Gasteiger partial charge in [-0.25, -0.2) is 4.57 Å². The largest absolute Gasteiger partial charge is 0.472 e. The van der Waals surface area contributed by atoms with Gasteiger partial charge in [0.05, 0.1) is 13.2 Å². The quantitative estimate of drug-likeness (QED) is 0.0288. The van der Waals surface area contributed by atoms with Gasteiger partial charge < -0.3 is 14.4 Å². The molecule has 0 heterocycles. The van der Waals surface area contributed by atoms with Crippen LogP contribution in [0.15, 0.2) is 12.2 Å². The molecule has 0 saturated carbocycles. The molecular formula is C41H79O8P. The summed E-state index contributed by atoms with van der Waals surface area (Å²) in [4.78, 5) is 34.6. The van der Waals surface area contributed by atoms with E-state index in [9.17, 15) is 19.0 Å². The second-order valence-corrected chi connectivity index (χ2v) is 15.5. The van der Waals surface area contributed by atoms with Gasteiger partial charge in [-0.05, 0) is 39.0 Å². The first-order valence-corrected chi connectivity index (χ1v) is 22.5. The van der Waals surface area contributed by atoms with Crippen LogP contribution in [-0.2, 0) is 32.7 Å². The minimum atomic E-state index is -4.27. The van der Waals surface area contributed by atoms with Gasteiger partial charge in [-0.1, -0.05) is 174 Å². The lowest BCUT2D eigenvalue weighted by molar-refractivity contribution is -0.161. The summed E-state index contributed by atoms with van der Waals surface area (Å²) in [5.41, 5.74) is 0. The van der Waals surface area contributed by atoms with Gasteiger partial charge in [0.1, 0.15) is 6.61 Å². The molecule has 0 aliphatic carbocycles. The summed E-state index contributed by atoms with van der Waals surface area (Å²) in [6.07, 6.45) is 38.5. The maximum absolute atomic E-state index is 12.5. The molecule has 2 atom stereocenters. The fourth-order valence-corrected chi connectivity index (χ4v) is 6.74. The Labute approximate surface area is 308 Å². The van der Waals surface area contributed by atoms with Gasteiger partial charge in [0.2, 0.25) is 0 Å². The number of unbranched alkanes of at least 4 members (excludes halogenated alkanes) is 25. The van der Waals surface area contributed by atoms with Gasteiger partial charge in [-0.3, -0.25) is 18.6 Å².